The molecule has 0 unspecified atom stereocenters. The van der Waals surface area contributed by atoms with Gasteiger partial charge in [-0.15, -0.1) is 0 Å². The largest absolute Gasteiger partial charge is 0.395 e. The number of carbonyl (C=O) groups excluding carboxylic acids is 1. The predicted molar refractivity (Wildman–Crippen MR) is 89.7 cm³/mol. The van der Waals surface area contributed by atoms with Gasteiger partial charge in [0.25, 0.3) is 0 Å². The molecule has 2 aromatic rings. The number of nitrogens with one attached hydrogen (secondary N) is 1. The van der Waals surface area contributed by atoms with Gasteiger partial charge < -0.3 is 15.3 Å². The summed E-state index contributed by atoms with van der Waals surface area (Å²) in [6.45, 7) is 2.68. The Bertz CT molecular complexity index is 602. The van der Waals surface area contributed by atoms with Crippen LogP contribution in [0.25, 0.3) is 0 Å². The summed E-state index contributed by atoms with van der Waals surface area (Å²) in [6, 6.07) is 7.47. The predicted octanol–water partition coefficient (Wildman–Crippen LogP) is 3.85. The maximum atomic E-state index is 12.4. The van der Waals surface area contributed by atoms with Gasteiger partial charge in [0, 0.05) is 23.2 Å². The zero-order valence-corrected chi connectivity index (χ0v) is 14.1. The summed E-state index contributed by atoms with van der Waals surface area (Å²) in [4.78, 5) is 14.0. The SMILES string of the molecule is Cc1cc(Br)ccc1NC(=O)N(CCO)Cc1ccsc1. The molecule has 1 aromatic heterocycles. The minimum absolute atomic E-state index is 0.0587. The Labute approximate surface area is 136 Å². The third-order valence-electron chi connectivity index (χ3n) is 3.04. The second kappa shape index (κ2) is 7.59. The second-order valence-corrected chi connectivity index (χ2v) is 6.36. The Balaban J connectivity index is 2.07. The van der Waals surface area contributed by atoms with Crippen LogP contribution in [0.4, 0.5) is 10.5 Å². The van der Waals surface area contributed by atoms with E-state index in [1.165, 1.54) is 0 Å². The van der Waals surface area contributed by atoms with E-state index in [2.05, 4.69) is 21.2 Å². The van der Waals surface area contributed by atoms with Crippen molar-refractivity contribution in [1.29, 1.82) is 0 Å². The van der Waals surface area contributed by atoms with Gasteiger partial charge in [0.05, 0.1) is 6.61 Å². The molecule has 0 radical (unpaired) electrons. The summed E-state index contributed by atoms with van der Waals surface area (Å²) < 4.78 is 0.975. The van der Waals surface area contributed by atoms with Gasteiger partial charge in [0.2, 0.25) is 0 Å². The summed E-state index contributed by atoms with van der Waals surface area (Å²) in [7, 11) is 0. The van der Waals surface area contributed by atoms with Crippen LogP contribution < -0.4 is 5.32 Å². The van der Waals surface area contributed by atoms with E-state index in [1.54, 1.807) is 16.2 Å². The molecule has 0 bridgehead atoms. The molecule has 4 nitrogen and oxygen atoms in total. The monoisotopic (exact) mass is 368 g/mol. The molecule has 0 aliphatic rings. The minimum Gasteiger partial charge on any atom is -0.395 e. The Morgan fingerprint density at radius 1 is 1.43 bits per heavy atom. The Morgan fingerprint density at radius 3 is 2.86 bits per heavy atom. The average Bonchev–Trinajstić information content (AvgIpc) is 2.94. The molecule has 2 N–H and O–H groups in total. The number of rotatable bonds is 5. The first-order chi connectivity index (χ1) is 10.1. The fourth-order valence-corrected chi connectivity index (χ4v) is 3.07. The number of nitrogens with zero attached hydrogens (tertiary/aromatic N) is 1. The van der Waals surface area contributed by atoms with E-state index in [1.807, 2.05) is 41.9 Å². The number of amides is 2. The molecule has 0 saturated carbocycles. The van der Waals surface area contributed by atoms with Crippen molar-refractivity contribution in [2.45, 2.75) is 13.5 Å². The lowest BCUT2D eigenvalue weighted by atomic mass is 10.2. The first kappa shape index (κ1) is 16.0. The van der Waals surface area contributed by atoms with Crippen molar-refractivity contribution in [3.8, 4) is 0 Å². The molecule has 0 fully saturated rings. The van der Waals surface area contributed by atoms with Crippen LogP contribution in [0.15, 0.2) is 39.5 Å². The minimum atomic E-state index is -0.208. The highest BCUT2D eigenvalue weighted by atomic mass is 79.9. The molecule has 6 heteroatoms. The van der Waals surface area contributed by atoms with E-state index >= 15 is 0 Å². The van der Waals surface area contributed by atoms with E-state index in [0.29, 0.717) is 13.1 Å². The molecular weight excluding hydrogens is 352 g/mol. The van der Waals surface area contributed by atoms with Crippen molar-refractivity contribution in [2.24, 2.45) is 0 Å². The van der Waals surface area contributed by atoms with Crippen molar-refractivity contribution in [2.75, 3.05) is 18.5 Å². The summed E-state index contributed by atoms with van der Waals surface area (Å²) >= 11 is 4.99. The van der Waals surface area contributed by atoms with Gasteiger partial charge in [-0.05, 0) is 53.1 Å². The van der Waals surface area contributed by atoms with E-state index in [4.69, 9.17) is 5.11 Å². The van der Waals surface area contributed by atoms with Crippen molar-refractivity contribution >= 4 is 39.0 Å². The van der Waals surface area contributed by atoms with E-state index in [0.717, 1.165) is 21.3 Å². The quantitative estimate of drug-likeness (QED) is 0.841. The number of aliphatic hydroxyl groups excluding tert-OH is 1. The number of urea groups is 1. The molecule has 0 saturated heterocycles. The van der Waals surface area contributed by atoms with Crippen LogP contribution in [0.2, 0.25) is 0 Å². The van der Waals surface area contributed by atoms with E-state index < -0.39 is 0 Å². The van der Waals surface area contributed by atoms with Crippen LogP contribution in [0, 0.1) is 6.92 Å². The van der Waals surface area contributed by atoms with Crippen LogP contribution in [0.1, 0.15) is 11.1 Å². The summed E-state index contributed by atoms with van der Waals surface area (Å²) in [5, 5.41) is 16.0. The maximum Gasteiger partial charge on any atom is 0.322 e. The number of aryl methyl sites for hydroxylation is 1. The van der Waals surface area contributed by atoms with Crippen molar-refractivity contribution in [3.05, 3.63) is 50.6 Å². The third-order valence-corrected chi connectivity index (χ3v) is 4.27. The smallest absolute Gasteiger partial charge is 0.322 e. The van der Waals surface area contributed by atoms with Crippen LogP contribution >= 0.6 is 27.3 Å². The van der Waals surface area contributed by atoms with Gasteiger partial charge in [-0.3, -0.25) is 0 Å². The highest BCUT2D eigenvalue weighted by molar-refractivity contribution is 9.10. The highest BCUT2D eigenvalue weighted by Gasteiger charge is 2.14. The number of hydrogen-bond acceptors (Lipinski definition) is 3. The Hall–Kier alpha value is -1.37. The lowest BCUT2D eigenvalue weighted by molar-refractivity contribution is 0.185. The first-order valence-corrected chi connectivity index (χ1v) is 8.27. The second-order valence-electron chi connectivity index (χ2n) is 4.67. The normalized spacial score (nSPS) is 10.4. The Morgan fingerprint density at radius 2 is 2.24 bits per heavy atom. The number of hydrogen-bond donors (Lipinski definition) is 2. The fourth-order valence-electron chi connectivity index (χ4n) is 1.94. The summed E-state index contributed by atoms with van der Waals surface area (Å²) in [5.74, 6) is 0. The van der Waals surface area contributed by atoms with Crippen LogP contribution in [-0.4, -0.2) is 29.2 Å². The van der Waals surface area contributed by atoms with Gasteiger partial charge in [-0.1, -0.05) is 15.9 Å². The van der Waals surface area contributed by atoms with E-state index in [9.17, 15) is 4.79 Å². The van der Waals surface area contributed by atoms with Crippen LogP contribution in [0.5, 0.6) is 0 Å². The van der Waals surface area contributed by atoms with Crippen molar-refractivity contribution in [1.82, 2.24) is 4.90 Å². The number of halogens is 1. The van der Waals surface area contributed by atoms with Crippen molar-refractivity contribution in [3.63, 3.8) is 0 Å². The molecule has 1 heterocycles. The lowest BCUT2D eigenvalue weighted by Crippen LogP contribution is -2.36. The molecule has 0 aliphatic carbocycles. The molecule has 112 valence electrons. The molecule has 21 heavy (non-hydrogen) atoms. The number of anilines is 1. The van der Waals surface area contributed by atoms with Crippen LogP contribution in [-0.2, 0) is 6.54 Å². The molecule has 0 aliphatic heterocycles. The fraction of sp³-hybridized carbons (Fsp3) is 0.267. The van der Waals surface area contributed by atoms with Gasteiger partial charge in [-0.2, -0.15) is 11.3 Å². The number of thiophene rings is 1. The standard InChI is InChI=1S/C15H17BrN2O2S/c1-11-8-13(16)2-3-14(11)17-15(20)18(5-6-19)9-12-4-7-21-10-12/h2-4,7-8,10,19H,5-6,9H2,1H3,(H,17,20). The molecule has 0 spiro atoms. The Kier molecular flexibility index (Phi) is 5.78. The van der Waals surface area contributed by atoms with Gasteiger partial charge in [0.1, 0.15) is 0 Å². The zero-order chi connectivity index (χ0) is 15.2. The number of carbonyl (C=O) groups is 1. The maximum absolute atomic E-state index is 12.4. The first-order valence-electron chi connectivity index (χ1n) is 6.54. The zero-order valence-electron chi connectivity index (χ0n) is 11.7. The van der Waals surface area contributed by atoms with Crippen LogP contribution in [0.3, 0.4) is 0 Å². The average molecular weight is 369 g/mol. The summed E-state index contributed by atoms with van der Waals surface area (Å²) in [6.07, 6.45) is 0. The molecule has 2 rings (SSSR count). The van der Waals surface area contributed by atoms with Gasteiger partial charge in [-0.25, -0.2) is 4.79 Å². The third kappa shape index (κ3) is 4.56. The topological polar surface area (TPSA) is 52.6 Å². The number of benzene rings is 1. The molecule has 0 atom stereocenters. The molecule has 2 amide bonds. The summed E-state index contributed by atoms with van der Waals surface area (Å²) in [5.41, 5.74) is 2.82. The molecule has 1 aromatic carbocycles. The highest BCUT2D eigenvalue weighted by Crippen LogP contribution is 2.20. The molecular formula is C15H17BrN2O2S. The van der Waals surface area contributed by atoms with E-state index in [-0.39, 0.29) is 12.6 Å². The number of aliphatic hydroxyl groups is 1. The van der Waals surface area contributed by atoms with Crippen molar-refractivity contribution < 1.29 is 9.90 Å². The van der Waals surface area contributed by atoms with Gasteiger partial charge in [0.15, 0.2) is 0 Å². The lowest BCUT2D eigenvalue weighted by Gasteiger charge is -2.22. The van der Waals surface area contributed by atoms with Gasteiger partial charge >= 0.3 is 6.03 Å².